The van der Waals surface area contributed by atoms with Crippen LogP contribution in [0.1, 0.15) is 12.8 Å². The van der Waals surface area contributed by atoms with E-state index in [4.69, 9.17) is 0 Å². The van der Waals surface area contributed by atoms with E-state index in [1.807, 2.05) is 7.05 Å². The topological polar surface area (TPSA) is 46.2 Å². The minimum absolute atomic E-state index is 0.0788. The molecule has 0 atom stereocenters. The van der Waals surface area contributed by atoms with Gasteiger partial charge in [-0.15, -0.1) is 0 Å². The summed E-state index contributed by atoms with van der Waals surface area (Å²) in [7, 11) is -0.885. The van der Waals surface area contributed by atoms with Crippen LogP contribution >= 0.6 is 0 Å². The van der Waals surface area contributed by atoms with E-state index in [-0.39, 0.29) is 5.25 Å². The predicted molar refractivity (Wildman–Crippen MR) is 40.7 cm³/mol. The zero-order valence-electron chi connectivity index (χ0n) is 6.29. The Kier molecular flexibility index (Phi) is 2.01. The summed E-state index contributed by atoms with van der Waals surface area (Å²) in [5.41, 5.74) is 0. The molecule has 0 amide bonds. The van der Waals surface area contributed by atoms with E-state index < -0.39 is 9.84 Å². The van der Waals surface area contributed by atoms with E-state index in [0.717, 1.165) is 12.8 Å². The molecule has 1 N–H and O–H groups in total. The van der Waals surface area contributed by atoms with Crippen molar-refractivity contribution in [3.63, 3.8) is 0 Å². The second-order valence-electron chi connectivity index (χ2n) is 2.91. The molecule has 10 heavy (non-hydrogen) atoms. The first-order valence-electron chi connectivity index (χ1n) is 3.40. The molecule has 1 fully saturated rings. The largest absolute Gasteiger partial charge is 0.317 e. The highest BCUT2D eigenvalue weighted by molar-refractivity contribution is 7.91. The molecule has 0 unspecified atom stereocenters. The molecular formula is C6H13NO2S. The number of hydrogen-bond donors (Lipinski definition) is 1. The Morgan fingerprint density at radius 2 is 1.90 bits per heavy atom. The maximum atomic E-state index is 10.8. The van der Waals surface area contributed by atoms with Crippen molar-refractivity contribution in [2.45, 2.75) is 24.1 Å². The maximum absolute atomic E-state index is 10.8. The monoisotopic (exact) mass is 163 g/mol. The van der Waals surface area contributed by atoms with Crippen molar-refractivity contribution < 1.29 is 8.42 Å². The summed E-state index contributed by atoms with van der Waals surface area (Å²) >= 11 is 0. The fourth-order valence-corrected chi connectivity index (χ4v) is 2.31. The van der Waals surface area contributed by atoms with Crippen molar-refractivity contribution in [1.82, 2.24) is 5.32 Å². The molecule has 3 nitrogen and oxygen atoms in total. The fraction of sp³-hybridized carbons (Fsp3) is 1.00. The third-order valence-electron chi connectivity index (χ3n) is 2.11. The van der Waals surface area contributed by atoms with Crippen LogP contribution in [0.2, 0.25) is 0 Å². The summed E-state index contributed by atoms with van der Waals surface area (Å²) in [4.78, 5) is 0. The highest BCUT2D eigenvalue weighted by atomic mass is 32.2. The summed E-state index contributed by atoms with van der Waals surface area (Å²) in [6.07, 6.45) is 2.88. The molecule has 0 aromatic rings. The van der Waals surface area contributed by atoms with Gasteiger partial charge in [0.2, 0.25) is 0 Å². The van der Waals surface area contributed by atoms with Crippen LogP contribution in [0.3, 0.4) is 0 Å². The van der Waals surface area contributed by atoms with Gasteiger partial charge < -0.3 is 5.32 Å². The van der Waals surface area contributed by atoms with Gasteiger partial charge in [0, 0.05) is 12.3 Å². The van der Waals surface area contributed by atoms with Gasteiger partial charge in [-0.2, -0.15) is 0 Å². The van der Waals surface area contributed by atoms with E-state index >= 15 is 0 Å². The van der Waals surface area contributed by atoms with Crippen molar-refractivity contribution in [2.24, 2.45) is 0 Å². The quantitative estimate of drug-likeness (QED) is 0.612. The SMILES string of the molecule is CN[C@H]1C[C@@H](S(C)(=O)=O)C1. The van der Waals surface area contributed by atoms with Gasteiger partial charge >= 0.3 is 0 Å². The van der Waals surface area contributed by atoms with Crippen LogP contribution in [0.5, 0.6) is 0 Å². The Bertz CT molecular complexity index is 204. The molecule has 0 radical (unpaired) electrons. The second-order valence-corrected chi connectivity index (χ2v) is 5.23. The van der Waals surface area contributed by atoms with Crippen molar-refractivity contribution in [3.8, 4) is 0 Å². The number of hydrogen-bond acceptors (Lipinski definition) is 3. The normalized spacial score (nSPS) is 33.4. The molecule has 0 bridgehead atoms. The number of nitrogens with one attached hydrogen (secondary N) is 1. The molecule has 1 saturated carbocycles. The average Bonchev–Trinajstić information content (AvgIpc) is 1.57. The third kappa shape index (κ3) is 1.49. The summed E-state index contributed by atoms with van der Waals surface area (Å²) < 4.78 is 21.7. The second kappa shape index (κ2) is 2.51. The molecule has 1 aliphatic rings. The minimum atomic E-state index is -2.75. The van der Waals surface area contributed by atoms with E-state index in [1.165, 1.54) is 6.26 Å². The first kappa shape index (κ1) is 8.01. The zero-order valence-corrected chi connectivity index (χ0v) is 7.11. The van der Waals surface area contributed by atoms with Crippen molar-refractivity contribution in [2.75, 3.05) is 13.3 Å². The maximum Gasteiger partial charge on any atom is 0.150 e. The Balaban J connectivity index is 2.41. The molecule has 4 heteroatoms. The van der Waals surface area contributed by atoms with Crippen LogP contribution in [0, 0.1) is 0 Å². The van der Waals surface area contributed by atoms with E-state index in [1.54, 1.807) is 0 Å². The predicted octanol–water partition coefficient (Wildman–Crippen LogP) is -0.219. The third-order valence-corrected chi connectivity index (χ3v) is 3.70. The molecule has 0 heterocycles. The summed E-state index contributed by atoms with van der Waals surface area (Å²) in [5.74, 6) is 0. The van der Waals surface area contributed by atoms with Crippen molar-refractivity contribution in [3.05, 3.63) is 0 Å². The van der Waals surface area contributed by atoms with Gasteiger partial charge in [-0.25, -0.2) is 8.42 Å². The van der Waals surface area contributed by atoms with Crippen LogP contribution in [0.25, 0.3) is 0 Å². The van der Waals surface area contributed by atoms with Crippen LogP contribution in [0.4, 0.5) is 0 Å². The highest BCUT2D eigenvalue weighted by Gasteiger charge is 2.34. The Morgan fingerprint density at radius 1 is 1.40 bits per heavy atom. The highest BCUT2D eigenvalue weighted by Crippen LogP contribution is 2.25. The number of sulfone groups is 1. The fourth-order valence-electron chi connectivity index (χ4n) is 1.15. The molecule has 0 aromatic carbocycles. The van der Waals surface area contributed by atoms with Gasteiger partial charge in [-0.3, -0.25) is 0 Å². The lowest BCUT2D eigenvalue weighted by atomic mass is 9.93. The lowest BCUT2D eigenvalue weighted by molar-refractivity contribution is 0.360. The molecular weight excluding hydrogens is 150 g/mol. The van der Waals surface area contributed by atoms with Gasteiger partial charge in [-0.1, -0.05) is 0 Å². The minimum Gasteiger partial charge on any atom is -0.317 e. The summed E-state index contributed by atoms with van der Waals surface area (Å²) in [5, 5.41) is 2.96. The first-order valence-corrected chi connectivity index (χ1v) is 5.35. The van der Waals surface area contributed by atoms with E-state index in [0.29, 0.717) is 6.04 Å². The Labute approximate surface area is 61.7 Å². The summed E-state index contributed by atoms with van der Waals surface area (Å²) in [6, 6.07) is 0.430. The first-order chi connectivity index (χ1) is 4.54. The van der Waals surface area contributed by atoms with Crippen LogP contribution in [0.15, 0.2) is 0 Å². The molecule has 0 saturated heterocycles. The lowest BCUT2D eigenvalue weighted by Gasteiger charge is -2.33. The smallest absolute Gasteiger partial charge is 0.150 e. The standard InChI is InChI=1S/C6H13NO2S/c1-7-5-3-6(4-5)10(2,8)9/h5-7H,3-4H2,1-2H3/t5-,6+. The zero-order chi connectivity index (χ0) is 7.78. The van der Waals surface area contributed by atoms with Crippen LogP contribution < -0.4 is 5.32 Å². The molecule has 0 aliphatic heterocycles. The van der Waals surface area contributed by atoms with E-state index in [2.05, 4.69) is 5.32 Å². The van der Waals surface area contributed by atoms with Crippen molar-refractivity contribution >= 4 is 9.84 Å². The average molecular weight is 163 g/mol. The van der Waals surface area contributed by atoms with Gasteiger partial charge in [0.1, 0.15) is 9.84 Å². The summed E-state index contributed by atoms with van der Waals surface area (Å²) in [6.45, 7) is 0. The van der Waals surface area contributed by atoms with Crippen LogP contribution in [-0.4, -0.2) is 33.0 Å². The Hall–Kier alpha value is -0.0900. The van der Waals surface area contributed by atoms with Gasteiger partial charge in [0.05, 0.1) is 5.25 Å². The molecule has 1 rings (SSSR count). The van der Waals surface area contributed by atoms with E-state index in [9.17, 15) is 8.42 Å². The molecule has 0 spiro atoms. The van der Waals surface area contributed by atoms with Gasteiger partial charge in [0.25, 0.3) is 0 Å². The van der Waals surface area contributed by atoms with Crippen LogP contribution in [-0.2, 0) is 9.84 Å². The Morgan fingerprint density at radius 3 is 2.20 bits per heavy atom. The molecule has 1 aliphatic carbocycles. The molecule has 0 aromatic heterocycles. The number of rotatable bonds is 2. The molecule has 60 valence electrons. The van der Waals surface area contributed by atoms with Gasteiger partial charge in [0.15, 0.2) is 0 Å². The van der Waals surface area contributed by atoms with Crippen molar-refractivity contribution in [1.29, 1.82) is 0 Å². The lowest BCUT2D eigenvalue weighted by Crippen LogP contribution is -2.45. The van der Waals surface area contributed by atoms with Gasteiger partial charge in [-0.05, 0) is 19.9 Å².